The first-order chi connectivity index (χ1) is 14.9. The van der Waals surface area contributed by atoms with Crippen LogP contribution in [-0.2, 0) is 14.8 Å². The van der Waals surface area contributed by atoms with Gasteiger partial charge in [-0.2, -0.15) is 4.31 Å². The third kappa shape index (κ3) is 4.46. The number of ether oxygens (including phenoxy) is 1. The largest absolute Gasteiger partial charge is 0.411 e. The van der Waals surface area contributed by atoms with Crippen LogP contribution in [0.15, 0.2) is 61.9 Å². The van der Waals surface area contributed by atoms with Crippen molar-refractivity contribution in [3.8, 4) is 11.5 Å². The van der Waals surface area contributed by atoms with E-state index in [4.69, 9.17) is 9.15 Å². The van der Waals surface area contributed by atoms with Gasteiger partial charge in [-0.25, -0.2) is 8.42 Å². The van der Waals surface area contributed by atoms with Crippen molar-refractivity contribution in [2.45, 2.75) is 21.9 Å². The van der Waals surface area contributed by atoms with Gasteiger partial charge in [0, 0.05) is 24.7 Å². The zero-order valence-corrected chi connectivity index (χ0v) is 18.1. The average molecular weight is 463 g/mol. The van der Waals surface area contributed by atoms with Crippen molar-refractivity contribution >= 4 is 27.5 Å². The van der Waals surface area contributed by atoms with Gasteiger partial charge in [-0.3, -0.25) is 10.1 Å². The molecule has 0 spiro atoms. The fourth-order valence-corrected chi connectivity index (χ4v) is 5.28. The van der Waals surface area contributed by atoms with Crippen molar-refractivity contribution in [1.82, 2.24) is 14.5 Å². The Bertz CT molecular complexity index is 1220. The topological polar surface area (TPSA) is 129 Å². The Labute approximate surface area is 182 Å². The molecule has 4 rings (SSSR count). The number of hydrogen-bond acceptors (Lipinski definition) is 9. The maximum absolute atomic E-state index is 12.8. The molecule has 2 aromatic carbocycles. The number of benzene rings is 2. The number of nitrogens with zero attached hydrogens (tertiary/aromatic N) is 4. The van der Waals surface area contributed by atoms with Crippen LogP contribution in [0.5, 0.6) is 0 Å². The number of aryl methyl sites for hydroxylation is 1. The first-order valence-electron chi connectivity index (χ1n) is 9.30. The lowest BCUT2D eigenvalue weighted by molar-refractivity contribution is -0.388. The van der Waals surface area contributed by atoms with Gasteiger partial charge in [0.2, 0.25) is 15.9 Å². The molecular weight excluding hydrogens is 444 g/mol. The van der Waals surface area contributed by atoms with E-state index in [0.717, 1.165) is 29.0 Å². The third-order valence-electron chi connectivity index (χ3n) is 4.71. The van der Waals surface area contributed by atoms with Crippen molar-refractivity contribution in [3.05, 3.63) is 58.1 Å². The molecule has 0 unspecified atom stereocenters. The SMILES string of the molecule is Cc1ccccc1-c1nnc(Sc2ccc(S(=O)(=O)N3CCOCC3)cc2[N+](=O)[O-])o1. The Morgan fingerprint density at radius 2 is 1.87 bits per heavy atom. The second-order valence-corrected chi connectivity index (χ2v) is 9.62. The minimum absolute atomic E-state index is 0.116. The monoisotopic (exact) mass is 462 g/mol. The molecule has 0 N–H and O–H groups in total. The summed E-state index contributed by atoms with van der Waals surface area (Å²) in [5, 5.41) is 19.7. The molecule has 0 amide bonds. The van der Waals surface area contributed by atoms with Crippen molar-refractivity contribution in [2.75, 3.05) is 26.3 Å². The molecule has 3 aromatic rings. The maximum atomic E-state index is 12.8. The summed E-state index contributed by atoms with van der Waals surface area (Å²) in [6, 6.07) is 11.3. The van der Waals surface area contributed by atoms with Crippen LogP contribution in [0, 0.1) is 17.0 Å². The summed E-state index contributed by atoms with van der Waals surface area (Å²) in [5.41, 5.74) is 1.37. The van der Waals surface area contributed by atoms with Gasteiger partial charge in [0.25, 0.3) is 10.9 Å². The van der Waals surface area contributed by atoms with Crippen LogP contribution in [0.25, 0.3) is 11.5 Å². The van der Waals surface area contributed by atoms with Crippen LogP contribution in [-0.4, -0.2) is 54.1 Å². The zero-order valence-electron chi connectivity index (χ0n) is 16.4. The molecule has 12 heteroatoms. The average Bonchev–Trinajstić information content (AvgIpc) is 3.23. The smallest absolute Gasteiger partial charge is 0.284 e. The molecule has 0 bridgehead atoms. The molecule has 1 aliphatic heterocycles. The highest BCUT2D eigenvalue weighted by Gasteiger charge is 2.29. The van der Waals surface area contributed by atoms with Gasteiger partial charge < -0.3 is 9.15 Å². The van der Waals surface area contributed by atoms with Crippen LogP contribution < -0.4 is 0 Å². The molecular formula is C19H18N4O6S2. The van der Waals surface area contributed by atoms with Crippen LogP contribution in [0.4, 0.5) is 5.69 Å². The van der Waals surface area contributed by atoms with Crippen molar-refractivity contribution in [2.24, 2.45) is 0 Å². The van der Waals surface area contributed by atoms with E-state index in [-0.39, 0.29) is 47.0 Å². The van der Waals surface area contributed by atoms with Gasteiger partial charge in [0.05, 0.1) is 27.9 Å². The van der Waals surface area contributed by atoms with E-state index >= 15 is 0 Å². The highest BCUT2D eigenvalue weighted by molar-refractivity contribution is 7.99. The van der Waals surface area contributed by atoms with Gasteiger partial charge in [-0.15, -0.1) is 10.2 Å². The van der Waals surface area contributed by atoms with E-state index in [2.05, 4.69) is 10.2 Å². The maximum Gasteiger partial charge on any atom is 0.284 e. The van der Waals surface area contributed by atoms with E-state index in [0.29, 0.717) is 5.89 Å². The minimum atomic E-state index is -3.86. The van der Waals surface area contributed by atoms with E-state index in [1.165, 1.54) is 16.4 Å². The molecule has 0 atom stereocenters. The summed E-state index contributed by atoms with van der Waals surface area (Å²) >= 11 is 0.908. The Morgan fingerprint density at radius 3 is 2.58 bits per heavy atom. The van der Waals surface area contributed by atoms with Crippen LogP contribution in [0.1, 0.15) is 5.56 Å². The number of nitro benzene ring substituents is 1. The summed E-state index contributed by atoms with van der Waals surface area (Å²) in [4.78, 5) is 11.1. The molecule has 2 heterocycles. The first kappa shape index (κ1) is 21.4. The highest BCUT2D eigenvalue weighted by atomic mass is 32.2. The van der Waals surface area contributed by atoms with Crippen molar-refractivity contribution in [3.63, 3.8) is 0 Å². The quantitative estimate of drug-likeness (QED) is 0.401. The lowest BCUT2D eigenvalue weighted by atomic mass is 10.1. The second-order valence-electron chi connectivity index (χ2n) is 6.69. The fourth-order valence-electron chi connectivity index (χ4n) is 3.09. The lowest BCUT2D eigenvalue weighted by Gasteiger charge is -2.26. The molecule has 1 aliphatic rings. The van der Waals surface area contributed by atoms with Crippen LogP contribution in [0.2, 0.25) is 0 Å². The van der Waals surface area contributed by atoms with Gasteiger partial charge in [0.1, 0.15) is 0 Å². The number of hydrogen-bond donors (Lipinski definition) is 0. The van der Waals surface area contributed by atoms with Crippen LogP contribution >= 0.6 is 11.8 Å². The molecule has 0 saturated carbocycles. The normalized spacial score (nSPS) is 15.1. The predicted molar refractivity (Wildman–Crippen MR) is 111 cm³/mol. The number of nitro groups is 1. The highest BCUT2D eigenvalue weighted by Crippen LogP contribution is 2.37. The van der Waals surface area contributed by atoms with Gasteiger partial charge in [-0.1, -0.05) is 18.2 Å². The molecule has 1 aromatic heterocycles. The Kier molecular flexibility index (Phi) is 6.05. The fraction of sp³-hybridized carbons (Fsp3) is 0.263. The summed E-state index contributed by atoms with van der Waals surface area (Å²) in [6.07, 6.45) is 0. The number of sulfonamides is 1. The summed E-state index contributed by atoms with van der Waals surface area (Å²) in [7, 11) is -3.86. The van der Waals surface area contributed by atoms with E-state index in [1.54, 1.807) is 0 Å². The van der Waals surface area contributed by atoms with Gasteiger partial charge in [-0.05, 0) is 42.4 Å². The molecule has 1 fully saturated rings. The van der Waals surface area contributed by atoms with E-state index in [1.807, 2.05) is 31.2 Å². The molecule has 31 heavy (non-hydrogen) atoms. The zero-order chi connectivity index (χ0) is 22.0. The third-order valence-corrected chi connectivity index (χ3v) is 7.51. The molecule has 10 nitrogen and oxygen atoms in total. The number of aromatic nitrogens is 2. The Morgan fingerprint density at radius 1 is 1.13 bits per heavy atom. The Balaban J connectivity index is 1.62. The summed E-state index contributed by atoms with van der Waals surface area (Å²) in [5.74, 6) is 0.301. The number of morpholine rings is 1. The molecule has 0 aliphatic carbocycles. The van der Waals surface area contributed by atoms with Crippen molar-refractivity contribution in [1.29, 1.82) is 0 Å². The summed E-state index contributed by atoms with van der Waals surface area (Å²) < 4.78 is 37.7. The van der Waals surface area contributed by atoms with Crippen LogP contribution in [0.3, 0.4) is 0 Å². The van der Waals surface area contributed by atoms with E-state index in [9.17, 15) is 18.5 Å². The standard InChI is InChI=1S/C19H18N4O6S2/c1-13-4-2-3-5-15(13)18-20-21-19(29-18)30-17-7-6-14(12-16(17)23(24)25)31(26,27)22-8-10-28-11-9-22/h2-7,12H,8-11H2,1H3. The minimum Gasteiger partial charge on any atom is -0.411 e. The molecule has 1 saturated heterocycles. The Hall–Kier alpha value is -2.80. The molecule has 0 radical (unpaired) electrons. The predicted octanol–water partition coefficient (Wildman–Crippen LogP) is 3.13. The second kappa shape index (κ2) is 8.75. The number of rotatable bonds is 6. The van der Waals surface area contributed by atoms with Gasteiger partial charge >= 0.3 is 0 Å². The molecule has 162 valence electrons. The van der Waals surface area contributed by atoms with Gasteiger partial charge in [0.15, 0.2) is 0 Å². The van der Waals surface area contributed by atoms with E-state index < -0.39 is 14.9 Å². The van der Waals surface area contributed by atoms with Crippen molar-refractivity contribution < 1.29 is 22.5 Å². The summed E-state index contributed by atoms with van der Waals surface area (Å²) in [6.45, 7) is 2.89. The lowest BCUT2D eigenvalue weighted by Crippen LogP contribution is -2.40. The first-order valence-corrected chi connectivity index (χ1v) is 11.6.